The van der Waals surface area contributed by atoms with Crippen molar-refractivity contribution in [1.29, 1.82) is 0 Å². The van der Waals surface area contributed by atoms with Crippen LogP contribution in [0.1, 0.15) is 51.3 Å². The molecule has 0 unspecified atom stereocenters. The maximum absolute atomic E-state index is 13.3. The van der Waals surface area contributed by atoms with Crippen molar-refractivity contribution >= 4 is 61.1 Å². The monoisotopic (exact) mass is 681 g/mol. The minimum atomic E-state index is -4.99. The number of carbonyl (C=O) groups excluding carboxylic acids is 2. The van der Waals surface area contributed by atoms with Gasteiger partial charge in [-0.15, -0.1) is 20.3 Å². The van der Waals surface area contributed by atoms with Crippen molar-refractivity contribution in [2.75, 3.05) is 12.3 Å². The van der Waals surface area contributed by atoms with Crippen molar-refractivity contribution < 1.29 is 56.1 Å². The van der Waals surface area contributed by atoms with Gasteiger partial charge in [-0.05, 0) is 44.9 Å². The third-order valence-corrected chi connectivity index (χ3v) is 9.17. The Morgan fingerprint density at radius 3 is 2.63 bits per heavy atom. The molecule has 5 rings (SSSR count). The van der Waals surface area contributed by atoms with E-state index in [-0.39, 0.29) is 16.9 Å². The summed E-state index contributed by atoms with van der Waals surface area (Å²) < 4.78 is 45.2. The number of nitrogens with zero attached hydrogens (tertiary/aromatic N) is 5. The Morgan fingerprint density at radius 2 is 2.04 bits per heavy atom. The van der Waals surface area contributed by atoms with Gasteiger partial charge in [0.1, 0.15) is 29.7 Å². The number of hydrogen-bond donors (Lipinski definition) is 4. The largest absolute Gasteiger partial charge is 0.489 e. The van der Waals surface area contributed by atoms with Crippen molar-refractivity contribution in [1.82, 2.24) is 14.7 Å². The lowest BCUT2D eigenvalue weighted by Gasteiger charge is -2.50. The van der Waals surface area contributed by atoms with Crippen LogP contribution < -0.4 is 15.2 Å². The number of aliphatic hydroxyl groups excluding tert-OH is 1. The van der Waals surface area contributed by atoms with Crippen LogP contribution in [0.25, 0.3) is 10.9 Å². The lowest BCUT2D eigenvalue weighted by atomic mass is 9.74. The fourth-order valence-electron chi connectivity index (χ4n) is 5.64. The van der Waals surface area contributed by atoms with Gasteiger partial charge in [0.05, 0.1) is 23.9 Å². The lowest BCUT2D eigenvalue weighted by molar-refractivity contribution is -0.797. The average Bonchev–Trinajstić information content (AvgIpc) is 3.69. The molecule has 5 N–H and O–H groups in total. The van der Waals surface area contributed by atoms with Gasteiger partial charge < -0.3 is 25.5 Å². The van der Waals surface area contributed by atoms with Crippen molar-refractivity contribution in [3.05, 3.63) is 35.5 Å². The van der Waals surface area contributed by atoms with Crippen molar-refractivity contribution in [3.8, 4) is 5.75 Å². The summed E-state index contributed by atoms with van der Waals surface area (Å²) in [5, 5.41) is 26.7. The number of nitrogen functional groups attached to an aromatic ring is 1. The zero-order valence-corrected chi connectivity index (χ0v) is 26.6. The summed E-state index contributed by atoms with van der Waals surface area (Å²) >= 11 is 0.986. The second kappa shape index (κ2) is 12.6. The second-order valence-corrected chi connectivity index (χ2v) is 13.4. The minimum absolute atomic E-state index is 0.0246. The van der Waals surface area contributed by atoms with Gasteiger partial charge in [-0.25, -0.2) is 9.78 Å². The number of oxime groups is 1. The molecule has 1 aliphatic heterocycles. The van der Waals surface area contributed by atoms with Gasteiger partial charge in [-0.1, -0.05) is 5.16 Å². The van der Waals surface area contributed by atoms with Gasteiger partial charge in [-0.3, -0.25) is 14.1 Å². The molecule has 1 amide bonds. The number of thiazole rings is 1. The normalized spacial score (nSPS) is 22.1. The fourth-order valence-corrected chi connectivity index (χ4v) is 6.64. The molecule has 2 aliphatic rings. The molecule has 1 saturated carbocycles. The lowest BCUT2D eigenvalue weighted by Crippen LogP contribution is -2.68. The molecule has 248 valence electrons. The molecule has 1 aliphatic carbocycles. The first-order valence-corrected chi connectivity index (χ1v) is 16.4. The topological polar surface area (TPSA) is 237 Å². The number of anilines is 1. The SMILES string of the molecule is Cn1c2ccc(OC[C@H](O/N=C(\C(=O)C[C@@H]3C(=O)N(OS(=O)(=O)O)C3(C)C)c3csc(N)n3)C(=O)O)cc2c[n+]1[C@@H]1CCC[C@@H]1O. The van der Waals surface area contributed by atoms with Crippen molar-refractivity contribution in [2.45, 2.75) is 63.3 Å². The van der Waals surface area contributed by atoms with E-state index in [9.17, 15) is 33.0 Å². The molecule has 2 aromatic heterocycles. The molecule has 0 radical (unpaired) electrons. The van der Waals surface area contributed by atoms with Gasteiger partial charge in [0.25, 0.3) is 12.0 Å². The van der Waals surface area contributed by atoms with E-state index in [1.165, 1.54) is 19.2 Å². The van der Waals surface area contributed by atoms with Crippen LogP contribution >= 0.6 is 11.3 Å². The predicted molar refractivity (Wildman–Crippen MR) is 160 cm³/mol. The van der Waals surface area contributed by atoms with E-state index in [1.807, 2.05) is 28.7 Å². The number of β-lactam (4-membered cyclic amide) rings is 1. The molecule has 4 atom stereocenters. The number of rotatable bonds is 13. The zero-order valence-electron chi connectivity index (χ0n) is 25.0. The van der Waals surface area contributed by atoms with E-state index in [4.69, 9.17) is 19.9 Å². The first-order valence-electron chi connectivity index (χ1n) is 14.1. The Balaban J connectivity index is 1.30. The summed E-state index contributed by atoms with van der Waals surface area (Å²) in [6.45, 7) is 2.36. The highest BCUT2D eigenvalue weighted by atomic mass is 32.3. The Bertz CT molecular complexity index is 1820. The Kier molecular flexibility index (Phi) is 9.06. The maximum Gasteiger partial charge on any atom is 0.418 e. The minimum Gasteiger partial charge on any atom is -0.489 e. The Morgan fingerprint density at radius 1 is 1.30 bits per heavy atom. The van der Waals surface area contributed by atoms with E-state index in [2.05, 4.69) is 14.4 Å². The number of carboxylic acid groups (broad SMARTS) is 1. The number of aliphatic hydroxyl groups is 1. The summed E-state index contributed by atoms with van der Waals surface area (Å²) in [6, 6.07) is 5.16. The van der Waals surface area contributed by atoms with Crippen LogP contribution in [-0.2, 0) is 41.0 Å². The molecule has 1 saturated heterocycles. The number of nitrogens with two attached hydrogens (primary N) is 1. The standard InChI is InChI=1S/C27H32N6O11S2/c1-27(2)16(24(36)33(27)44-46(39,40)41)10-21(35)23(17-13-45-26(28)29-17)30-43-22(25(37)38)12-42-15-7-8-18-14(9-15)11-32(31(18)3)19-5-4-6-20(19)34/h7-9,11,13,16,19-20,22,34H,4-6,10,12H2,1-3H3,(H3-,28,29,37,38,39,40,41)/p+1/b30-23-/t16-,19-,20+,22+/m1/s1. The Hall–Kier alpha value is -4.17. The second-order valence-electron chi connectivity index (χ2n) is 11.5. The van der Waals surface area contributed by atoms with Gasteiger partial charge >= 0.3 is 16.4 Å². The van der Waals surface area contributed by atoms with Crippen molar-refractivity contribution in [3.63, 3.8) is 0 Å². The smallest absolute Gasteiger partial charge is 0.418 e. The quantitative estimate of drug-likeness (QED) is 0.0642. The van der Waals surface area contributed by atoms with E-state index in [1.54, 1.807) is 12.1 Å². The van der Waals surface area contributed by atoms with E-state index in [0.717, 1.165) is 41.5 Å². The van der Waals surface area contributed by atoms with E-state index >= 15 is 0 Å². The summed E-state index contributed by atoms with van der Waals surface area (Å²) in [7, 11) is -3.10. The molecule has 0 spiro atoms. The van der Waals surface area contributed by atoms with Crippen molar-refractivity contribution in [2.24, 2.45) is 18.1 Å². The van der Waals surface area contributed by atoms with E-state index in [0.29, 0.717) is 10.8 Å². The summed E-state index contributed by atoms with van der Waals surface area (Å²) in [4.78, 5) is 47.2. The van der Waals surface area contributed by atoms with Crippen LogP contribution in [0.4, 0.5) is 5.13 Å². The first-order chi connectivity index (χ1) is 21.6. The number of hydroxylamine groups is 2. The number of carbonyl (C=O) groups is 3. The van der Waals surface area contributed by atoms with Crippen LogP contribution in [0, 0.1) is 5.92 Å². The molecular formula is C27H33N6O11S2+. The van der Waals surface area contributed by atoms with Crippen LogP contribution in [-0.4, -0.2) is 85.6 Å². The van der Waals surface area contributed by atoms with Gasteiger partial charge in [-0.2, -0.15) is 18.2 Å². The molecule has 19 heteroatoms. The molecule has 0 bridgehead atoms. The van der Waals surface area contributed by atoms with Crippen LogP contribution in [0.2, 0.25) is 0 Å². The van der Waals surface area contributed by atoms with Crippen LogP contribution in [0.3, 0.4) is 0 Å². The summed E-state index contributed by atoms with van der Waals surface area (Å²) in [6.07, 6.45) is 1.81. The Labute approximate surface area is 266 Å². The maximum atomic E-state index is 13.3. The van der Waals surface area contributed by atoms with Crippen LogP contribution in [0.5, 0.6) is 5.75 Å². The molecule has 17 nitrogen and oxygen atoms in total. The number of carboxylic acids is 1. The van der Waals surface area contributed by atoms with Gasteiger partial charge in [0.2, 0.25) is 12.2 Å². The number of ketones is 1. The molecule has 2 fully saturated rings. The number of aromatic nitrogens is 3. The number of hydrogen-bond acceptors (Lipinski definition) is 13. The van der Waals surface area contributed by atoms with Gasteiger partial charge in [0, 0.05) is 18.2 Å². The van der Waals surface area contributed by atoms with Crippen LogP contribution in [0.15, 0.2) is 34.9 Å². The number of Topliss-reactive ketones (excluding diaryl/α,β-unsaturated/α-hetero) is 1. The fraction of sp³-hybridized carbons (Fsp3) is 0.481. The third-order valence-electron chi connectivity index (χ3n) is 8.16. The number of benzene rings is 1. The summed E-state index contributed by atoms with van der Waals surface area (Å²) in [5.74, 6) is -3.82. The highest BCUT2D eigenvalue weighted by Gasteiger charge is 2.57. The number of amides is 1. The number of aryl methyl sites for hydroxylation is 1. The molecule has 46 heavy (non-hydrogen) atoms. The van der Waals surface area contributed by atoms with E-state index < -0.39 is 70.5 Å². The number of aliphatic carboxylic acids is 1. The molecule has 1 aromatic carbocycles. The number of fused-ring (bicyclic) bond motifs is 1. The molecule has 3 heterocycles. The highest BCUT2D eigenvalue weighted by Crippen LogP contribution is 2.40. The predicted octanol–water partition coefficient (Wildman–Crippen LogP) is 0.774. The summed E-state index contributed by atoms with van der Waals surface area (Å²) in [5.41, 5.74) is 4.85. The number of ether oxygens (including phenoxy) is 1. The molecule has 3 aromatic rings. The first kappa shape index (κ1) is 33.2. The molecular weight excluding hydrogens is 648 g/mol. The zero-order chi connectivity index (χ0) is 33.6. The van der Waals surface area contributed by atoms with Gasteiger partial charge in [0.15, 0.2) is 16.6 Å². The third kappa shape index (κ3) is 6.68. The highest BCUT2D eigenvalue weighted by molar-refractivity contribution is 7.80. The average molecular weight is 682 g/mol.